The van der Waals surface area contributed by atoms with Gasteiger partial charge >= 0.3 is 0 Å². The molecule has 1 aliphatic rings. The molecule has 1 N–H and O–H groups in total. The Labute approximate surface area is 151 Å². The molecule has 0 spiro atoms. The summed E-state index contributed by atoms with van der Waals surface area (Å²) in [6.45, 7) is 18.3. The summed E-state index contributed by atoms with van der Waals surface area (Å²) in [5.74, 6) is 2.24. The lowest BCUT2D eigenvalue weighted by atomic mass is 9.97. The van der Waals surface area contributed by atoms with E-state index in [1.54, 1.807) is 0 Å². The highest BCUT2D eigenvalue weighted by atomic mass is 16.5. The average molecular weight is 351 g/mol. The van der Waals surface area contributed by atoms with Gasteiger partial charge in [0.2, 0.25) is 5.89 Å². The second kappa shape index (κ2) is 8.65. The second-order valence-electron chi connectivity index (χ2n) is 7.55. The molecule has 7 nitrogen and oxygen atoms in total. The van der Waals surface area contributed by atoms with Crippen molar-refractivity contribution in [1.29, 1.82) is 0 Å². The van der Waals surface area contributed by atoms with Crippen LogP contribution in [-0.4, -0.2) is 64.7 Å². The van der Waals surface area contributed by atoms with E-state index in [0.29, 0.717) is 24.3 Å². The van der Waals surface area contributed by atoms with Crippen molar-refractivity contribution in [3.63, 3.8) is 0 Å². The first-order valence-corrected chi connectivity index (χ1v) is 9.49. The zero-order chi connectivity index (χ0) is 18.4. The first-order chi connectivity index (χ1) is 11.9. The lowest BCUT2D eigenvalue weighted by Gasteiger charge is -2.27. The van der Waals surface area contributed by atoms with Gasteiger partial charge in [0.05, 0.1) is 0 Å². The minimum atomic E-state index is -0.134. The van der Waals surface area contributed by atoms with Gasteiger partial charge in [0.1, 0.15) is 6.54 Å². The van der Waals surface area contributed by atoms with Crippen molar-refractivity contribution in [2.45, 2.75) is 66.0 Å². The summed E-state index contributed by atoms with van der Waals surface area (Å²) in [5.41, 5.74) is -0.134. The standard InChI is InChI=1S/C18H34N6O/c1-7-19-17(24-11-10-14(13-24)23(8-2)9-3)20-12-15-21-16(25-22-15)18(4,5)6/h14H,7-13H2,1-6H3,(H,19,20). The normalized spacial score (nSPS) is 19.1. The van der Waals surface area contributed by atoms with E-state index in [-0.39, 0.29) is 5.41 Å². The molecular formula is C18H34N6O. The minimum absolute atomic E-state index is 0.134. The van der Waals surface area contributed by atoms with E-state index in [0.717, 1.165) is 38.7 Å². The first kappa shape index (κ1) is 19.7. The number of guanidine groups is 1. The van der Waals surface area contributed by atoms with Gasteiger partial charge in [-0.25, -0.2) is 4.99 Å². The summed E-state index contributed by atoms with van der Waals surface area (Å²) >= 11 is 0. The Morgan fingerprint density at radius 3 is 2.60 bits per heavy atom. The monoisotopic (exact) mass is 350 g/mol. The zero-order valence-electron chi connectivity index (χ0n) is 16.7. The Hall–Kier alpha value is -1.63. The maximum Gasteiger partial charge on any atom is 0.232 e. The second-order valence-corrected chi connectivity index (χ2v) is 7.55. The summed E-state index contributed by atoms with van der Waals surface area (Å²) in [6.07, 6.45) is 1.18. The predicted molar refractivity (Wildman–Crippen MR) is 101 cm³/mol. The van der Waals surface area contributed by atoms with Crippen molar-refractivity contribution in [2.75, 3.05) is 32.7 Å². The van der Waals surface area contributed by atoms with Crippen LogP contribution in [0.5, 0.6) is 0 Å². The van der Waals surface area contributed by atoms with Crippen LogP contribution in [0.15, 0.2) is 9.52 Å². The fraction of sp³-hybridized carbons (Fsp3) is 0.833. The van der Waals surface area contributed by atoms with Crippen molar-refractivity contribution in [3.05, 3.63) is 11.7 Å². The van der Waals surface area contributed by atoms with Gasteiger partial charge in [0, 0.05) is 31.1 Å². The summed E-state index contributed by atoms with van der Waals surface area (Å²) in [4.78, 5) is 14.1. The minimum Gasteiger partial charge on any atom is -0.357 e. The number of likely N-dealkylation sites (N-methyl/N-ethyl adjacent to an activating group) is 1. The first-order valence-electron chi connectivity index (χ1n) is 9.49. The van der Waals surface area contributed by atoms with E-state index in [2.05, 4.69) is 66.8 Å². The molecule has 0 bridgehead atoms. The summed E-state index contributed by atoms with van der Waals surface area (Å²) in [7, 11) is 0. The molecule has 1 atom stereocenters. The van der Waals surface area contributed by atoms with E-state index in [1.165, 1.54) is 6.42 Å². The Morgan fingerprint density at radius 2 is 2.04 bits per heavy atom. The van der Waals surface area contributed by atoms with Crippen LogP contribution in [0.3, 0.4) is 0 Å². The van der Waals surface area contributed by atoms with Crippen LogP contribution < -0.4 is 5.32 Å². The SMILES string of the molecule is CCNC(=NCc1noc(C(C)(C)C)n1)N1CCC(N(CC)CC)C1. The van der Waals surface area contributed by atoms with Crippen molar-refractivity contribution in [2.24, 2.45) is 4.99 Å². The van der Waals surface area contributed by atoms with Gasteiger partial charge in [-0.1, -0.05) is 39.8 Å². The lowest BCUT2D eigenvalue weighted by molar-refractivity contribution is 0.223. The maximum absolute atomic E-state index is 5.35. The highest BCUT2D eigenvalue weighted by molar-refractivity contribution is 5.80. The number of hydrogen-bond acceptors (Lipinski definition) is 5. The molecule has 0 aliphatic carbocycles. The number of nitrogens with zero attached hydrogens (tertiary/aromatic N) is 5. The smallest absolute Gasteiger partial charge is 0.232 e. The molecule has 1 saturated heterocycles. The molecule has 25 heavy (non-hydrogen) atoms. The largest absolute Gasteiger partial charge is 0.357 e. The van der Waals surface area contributed by atoms with Gasteiger partial charge < -0.3 is 14.7 Å². The molecule has 1 aromatic heterocycles. The summed E-state index contributed by atoms with van der Waals surface area (Å²) in [5, 5.41) is 7.46. The van der Waals surface area contributed by atoms with E-state index in [4.69, 9.17) is 9.52 Å². The molecule has 1 fully saturated rings. The number of likely N-dealkylation sites (tertiary alicyclic amines) is 1. The number of aromatic nitrogens is 2. The van der Waals surface area contributed by atoms with Crippen LogP contribution in [0.25, 0.3) is 0 Å². The maximum atomic E-state index is 5.35. The van der Waals surface area contributed by atoms with Crippen LogP contribution >= 0.6 is 0 Å². The van der Waals surface area contributed by atoms with E-state index >= 15 is 0 Å². The van der Waals surface area contributed by atoms with Gasteiger partial charge in [-0.05, 0) is 26.4 Å². The molecule has 142 valence electrons. The van der Waals surface area contributed by atoms with Gasteiger partial charge in [-0.2, -0.15) is 4.98 Å². The highest BCUT2D eigenvalue weighted by Gasteiger charge is 2.28. The fourth-order valence-electron chi connectivity index (χ4n) is 3.17. The van der Waals surface area contributed by atoms with Gasteiger partial charge in [-0.3, -0.25) is 4.90 Å². The highest BCUT2D eigenvalue weighted by Crippen LogP contribution is 2.20. The average Bonchev–Trinajstić information content (AvgIpc) is 3.22. The van der Waals surface area contributed by atoms with Gasteiger partial charge in [0.25, 0.3) is 0 Å². The lowest BCUT2D eigenvalue weighted by Crippen LogP contribution is -2.43. The number of hydrogen-bond donors (Lipinski definition) is 1. The third kappa shape index (κ3) is 5.17. The topological polar surface area (TPSA) is 69.8 Å². The number of rotatable bonds is 6. The number of aliphatic imine (C=N–C) groups is 1. The van der Waals surface area contributed by atoms with Crippen LogP contribution in [0, 0.1) is 0 Å². The van der Waals surface area contributed by atoms with Crippen LogP contribution in [-0.2, 0) is 12.0 Å². The molecule has 0 amide bonds. The predicted octanol–water partition coefficient (Wildman–Crippen LogP) is 2.25. The molecule has 1 unspecified atom stereocenters. The molecule has 0 aromatic carbocycles. The van der Waals surface area contributed by atoms with E-state index < -0.39 is 0 Å². The Bertz CT molecular complexity index is 558. The van der Waals surface area contributed by atoms with E-state index in [9.17, 15) is 0 Å². The number of nitrogens with one attached hydrogen (secondary N) is 1. The molecule has 0 radical (unpaired) electrons. The molecule has 1 aromatic rings. The van der Waals surface area contributed by atoms with Crippen LogP contribution in [0.1, 0.15) is 59.7 Å². The third-order valence-electron chi connectivity index (χ3n) is 4.61. The van der Waals surface area contributed by atoms with Crippen molar-refractivity contribution < 1.29 is 4.52 Å². The fourth-order valence-corrected chi connectivity index (χ4v) is 3.17. The Kier molecular flexibility index (Phi) is 6.81. The molecule has 2 heterocycles. The van der Waals surface area contributed by atoms with E-state index in [1.807, 2.05) is 0 Å². The molecule has 2 rings (SSSR count). The third-order valence-corrected chi connectivity index (χ3v) is 4.61. The van der Waals surface area contributed by atoms with Crippen LogP contribution in [0.2, 0.25) is 0 Å². The van der Waals surface area contributed by atoms with Crippen molar-refractivity contribution >= 4 is 5.96 Å². The molecule has 1 aliphatic heterocycles. The van der Waals surface area contributed by atoms with Gasteiger partial charge in [-0.15, -0.1) is 0 Å². The van der Waals surface area contributed by atoms with Crippen molar-refractivity contribution in [3.8, 4) is 0 Å². The Morgan fingerprint density at radius 1 is 1.32 bits per heavy atom. The quantitative estimate of drug-likeness (QED) is 0.627. The van der Waals surface area contributed by atoms with Crippen molar-refractivity contribution in [1.82, 2.24) is 25.3 Å². The zero-order valence-corrected chi connectivity index (χ0v) is 16.7. The summed E-state index contributed by atoms with van der Waals surface area (Å²) < 4.78 is 5.35. The molecular weight excluding hydrogens is 316 g/mol. The summed E-state index contributed by atoms with van der Waals surface area (Å²) in [6, 6.07) is 0.608. The van der Waals surface area contributed by atoms with Crippen LogP contribution in [0.4, 0.5) is 0 Å². The van der Waals surface area contributed by atoms with Gasteiger partial charge in [0.15, 0.2) is 11.8 Å². The molecule has 7 heteroatoms. The Balaban J connectivity index is 2.03. The molecule has 0 saturated carbocycles.